The van der Waals surface area contributed by atoms with Crippen molar-refractivity contribution in [1.82, 2.24) is 4.57 Å². The summed E-state index contributed by atoms with van der Waals surface area (Å²) in [5.74, 6) is 0.750. The van der Waals surface area contributed by atoms with Crippen LogP contribution in [0.2, 0.25) is 0 Å². The van der Waals surface area contributed by atoms with Gasteiger partial charge >= 0.3 is 0 Å². The Balaban J connectivity index is 1.30. The summed E-state index contributed by atoms with van der Waals surface area (Å²) in [4.78, 5) is 11.0. The second kappa shape index (κ2) is 12.0. The van der Waals surface area contributed by atoms with Crippen molar-refractivity contribution in [3.8, 4) is 5.69 Å². The number of nitrogens with zero attached hydrogens (tertiary/aromatic N) is 3. The number of hydrogen-bond acceptors (Lipinski definition) is 3. The van der Waals surface area contributed by atoms with E-state index in [2.05, 4.69) is 169 Å². The van der Waals surface area contributed by atoms with E-state index in [1.54, 1.807) is 0 Å². The van der Waals surface area contributed by atoms with Crippen LogP contribution < -0.4 is 0 Å². The average Bonchev–Trinajstić information content (AvgIpc) is 3.74. The molecular weight excluding hydrogens is 639 g/mol. The Hall–Kier alpha value is -6.10. The second-order valence-electron chi connectivity index (χ2n) is 13.3. The summed E-state index contributed by atoms with van der Waals surface area (Å²) in [6, 6.07) is 56.6. The highest BCUT2D eigenvalue weighted by atomic mass is 32.1. The van der Waals surface area contributed by atoms with Gasteiger partial charge < -0.3 is 4.57 Å². The van der Waals surface area contributed by atoms with Crippen LogP contribution in [0.25, 0.3) is 64.1 Å². The van der Waals surface area contributed by atoms with Crippen molar-refractivity contribution in [2.45, 2.75) is 19.8 Å². The number of para-hydroxylation sites is 1. The topological polar surface area (TPSA) is 29.6 Å². The Labute approximate surface area is 300 Å². The summed E-state index contributed by atoms with van der Waals surface area (Å²) >= 11 is 1.85. The van der Waals surface area contributed by atoms with E-state index in [0.29, 0.717) is 0 Å². The van der Waals surface area contributed by atoms with E-state index < -0.39 is 0 Å². The first-order chi connectivity index (χ1) is 25.2. The SMILES string of the molecule is C/C1=C(/c2ccccc2)N=C(c2ccc(-n3c4ccccc4c4c5ccccc5ccc43)c3sc4ccccc4c23)N=C(c2ccccc2)CC1. The zero-order valence-electron chi connectivity index (χ0n) is 28.2. The third-order valence-electron chi connectivity index (χ3n) is 10.3. The molecule has 0 aliphatic carbocycles. The molecule has 0 fully saturated rings. The largest absolute Gasteiger partial charge is 0.308 e. The minimum atomic E-state index is 0.750. The zero-order valence-corrected chi connectivity index (χ0v) is 29.0. The fourth-order valence-electron chi connectivity index (χ4n) is 7.88. The molecule has 0 unspecified atom stereocenters. The molecule has 0 radical (unpaired) electrons. The van der Waals surface area contributed by atoms with Crippen molar-refractivity contribution in [1.29, 1.82) is 0 Å². The predicted octanol–water partition coefficient (Wildman–Crippen LogP) is 12.8. The van der Waals surface area contributed by atoms with Crippen LogP contribution in [0.15, 0.2) is 173 Å². The molecule has 0 atom stereocenters. The van der Waals surface area contributed by atoms with Crippen LogP contribution in [-0.2, 0) is 0 Å². The number of fused-ring (bicyclic) bond motifs is 8. The first kappa shape index (κ1) is 29.8. The van der Waals surface area contributed by atoms with Crippen molar-refractivity contribution >= 4 is 81.3 Å². The first-order valence-electron chi connectivity index (χ1n) is 17.6. The Morgan fingerprint density at radius 3 is 2.04 bits per heavy atom. The Bertz CT molecular complexity index is 2910. The lowest BCUT2D eigenvalue weighted by atomic mass is 9.97. The molecule has 242 valence electrons. The van der Waals surface area contributed by atoms with Crippen molar-refractivity contribution < 1.29 is 0 Å². The first-order valence-corrected chi connectivity index (χ1v) is 18.4. The molecule has 3 heterocycles. The van der Waals surface area contributed by atoms with Crippen molar-refractivity contribution in [2.24, 2.45) is 9.98 Å². The van der Waals surface area contributed by atoms with Gasteiger partial charge in [-0.15, -0.1) is 11.3 Å². The molecule has 0 spiro atoms. The van der Waals surface area contributed by atoms with Gasteiger partial charge in [0.15, 0.2) is 5.84 Å². The van der Waals surface area contributed by atoms with Gasteiger partial charge in [-0.2, -0.15) is 0 Å². The van der Waals surface area contributed by atoms with E-state index >= 15 is 0 Å². The fourth-order valence-corrected chi connectivity index (χ4v) is 9.11. The molecule has 4 heteroatoms. The lowest BCUT2D eigenvalue weighted by Crippen LogP contribution is -2.11. The van der Waals surface area contributed by atoms with Gasteiger partial charge in [-0.1, -0.05) is 127 Å². The van der Waals surface area contributed by atoms with Crippen LogP contribution in [0, 0.1) is 0 Å². The number of thiophene rings is 1. The number of amidine groups is 1. The number of aliphatic imine (C=N–C) groups is 2. The summed E-state index contributed by atoms with van der Waals surface area (Å²) in [7, 11) is 0. The molecule has 10 rings (SSSR count). The van der Waals surface area contributed by atoms with Gasteiger partial charge in [0.05, 0.1) is 32.8 Å². The molecule has 7 aromatic carbocycles. The second-order valence-corrected chi connectivity index (χ2v) is 14.4. The van der Waals surface area contributed by atoms with E-state index in [9.17, 15) is 0 Å². The van der Waals surface area contributed by atoms with Gasteiger partial charge in [0.2, 0.25) is 0 Å². The fraction of sp³-hybridized carbons (Fsp3) is 0.0638. The van der Waals surface area contributed by atoms with Gasteiger partial charge in [0.1, 0.15) is 0 Å². The monoisotopic (exact) mass is 671 g/mol. The zero-order chi connectivity index (χ0) is 33.9. The number of rotatable bonds is 4. The molecule has 1 aliphatic rings. The lowest BCUT2D eigenvalue weighted by Gasteiger charge is -2.18. The smallest absolute Gasteiger partial charge is 0.160 e. The van der Waals surface area contributed by atoms with Crippen molar-refractivity contribution in [3.05, 3.63) is 180 Å². The van der Waals surface area contributed by atoms with Crippen LogP contribution >= 0.6 is 11.3 Å². The van der Waals surface area contributed by atoms with Gasteiger partial charge in [0.25, 0.3) is 0 Å². The maximum atomic E-state index is 5.50. The summed E-state index contributed by atoms with van der Waals surface area (Å²) in [6.45, 7) is 2.22. The minimum absolute atomic E-state index is 0.750. The average molecular weight is 672 g/mol. The van der Waals surface area contributed by atoms with E-state index in [0.717, 1.165) is 46.8 Å². The maximum Gasteiger partial charge on any atom is 0.160 e. The van der Waals surface area contributed by atoms with Crippen LogP contribution in [0.4, 0.5) is 0 Å². The highest BCUT2D eigenvalue weighted by Gasteiger charge is 2.23. The summed E-state index contributed by atoms with van der Waals surface area (Å²) < 4.78 is 4.95. The molecule has 9 aromatic rings. The minimum Gasteiger partial charge on any atom is -0.308 e. The van der Waals surface area contributed by atoms with Gasteiger partial charge in [0, 0.05) is 37.4 Å². The van der Waals surface area contributed by atoms with Crippen molar-refractivity contribution in [3.63, 3.8) is 0 Å². The third kappa shape index (κ3) is 4.86. The summed E-state index contributed by atoms with van der Waals surface area (Å²) in [6.07, 6.45) is 1.74. The van der Waals surface area contributed by atoms with Crippen LogP contribution in [-0.4, -0.2) is 16.1 Å². The maximum absolute atomic E-state index is 5.50. The highest BCUT2D eigenvalue weighted by molar-refractivity contribution is 7.26. The molecule has 0 N–H and O–H groups in total. The standard InChI is InChI=1S/C47H33N3S/c1-30-24-27-38(32-15-4-2-5-16-32)48-47(49-45(30)33-17-6-3-7-18-33)37-26-29-41(46-44(37)36-21-11-13-23-42(36)51-46)50-39-22-12-10-20-35(39)43-34-19-9-8-14-31(34)25-28-40(43)50/h2-23,25-26,28-29H,24,27H2,1H3/b45-30+,48-38?,49-47?. The molecule has 2 aromatic heterocycles. The molecule has 0 amide bonds. The molecule has 0 saturated carbocycles. The van der Waals surface area contributed by atoms with E-state index in [4.69, 9.17) is 9.98 Å². The van der Waals surface area contributed by atoms with Gasteiger partial charge in [-0.05, 0) is 72.0 Å². The lowest BCUT2D eigenvalue weighted by molar-refractivity contribution is 1.00. The molecule has 1 aliphatic heterocycles. The van der Waals surface area contributed by atoms with Crippen molar-refractivity contribution in [2.75, 3.05) is 0 Å². The Morgan fingerprint density at radius 1 is 0.529 bits per heavy atom. The Morgan fingerprint density at radius 2 is 1.22 bits per heavy atom. The van der Waals surface area contributed by atoms with Crippen LogP contribution in [0.5, 0.6) is 0 Å². The third-order valence-corrected chi connectivity index (χ3v) is 11.5. The molecular formula is C47H33N3S. The summed E-state index contributed by atoms with van der Waals surface area (Å²) in [5.41, 5.74) is 10.2. The molecule has 0 bridgehead atoms. The normalized spacial score (nSPS) is 15.4. The van der Waals surface area contributed by atoms with E-state index in [1.807, 2.05) is 11.3 Å². The number of benzene rings is 7. The van der Waals surface area contributed by atoms with Gasteiger partial charge in [-0.25, -0.2) is 9.98 Å². The number of aromatic nitrogens is 1. The predicted molar refractivity (Wildman–Crippen MR) is 219 cm³/mol. The van der Waals surface area contributed by atoms with Gasteiger partial charge in [-0.3, -0.25) is 0 Å². The summed E-state index contributed by atoms with van der Waals surface area (Å²) in [5, 5.41) is 7.50. The van der Waals surface area contributed by atoms with E-state index in [-0.39, 0.29) is 0 Å². The number of allylic oxidation sites excluding steroid dienone is 1. The van der Waals surface area contributed by atoms with Crippen LogP contribution in [0.3, 0.4) is 0 Å². The highest BCUT2D eigenvalue weighted by Crippen LogP contribution is 2.44. The Kier molecular flexibility index (Phi) is 7.03. The van der Waals surface area contributed by atoms with Crippen LogP contribution in [0.1, 0.15) is 36.5 Å². The molecule has 3 nitrogen and oxygen atoms in total. The number of hydrogen-bond donors (Lipinski definition) is 0. The van der Waals surface area contributed by atoms with E-state index in [1.165, 1.54) is 64.0 Å². The quantitative estimate of drug-likeness (QED) is 0.178. The molecule has 0 saturated heterocycles. The molecule has 51 heavy (non-hydrogen) atoms.